The summed E-state index contributed by atoms with van der Waals surface area (Å²) in [5.74, 6) is 0.940. The Balaban J connectivity index is 1.26. The van der Waals surface area contributed by atoms with Crippen LogP contribution < -0.4 is 19.9 Å². The Bertz CT molecular complexity index is 1810. The van der Waals surface area contributed by atoms with Crippen LogP contribution >= 0.6 is 11.6 Å². The first kappa shape index (κ1) is 25.6. The number of quaternary nitrogens is 1. The number of piperazine rings is 1. The Morgan fingerprint density at radius 1 is 1.05 bits per heavy atom. The SMILES string of the molecule is COc1ccc(Cl)cc1C[NH+]1CCN(c2cc(Nc3cccc(F)c3)c3c4c(onc24)-c2ccccc2C3=O)CC1. The van der Waals surface area contributed by atoms with Gasteiger partial charge in [-0.05, 0) is 42.5 Å². The number of methoxy groups -OCH3 is 1. The summed E-state index contributed by atoms with van der Waals surface area (Å²) in [7, 11) is 1.68. The number of fused-ring (bicyclic) bond motifs is 2. The van der Waals surface area contributed by atoms with Crippen LogP contribution in [0.1, 0.15) is 21.5 Å². The molecule has 2 N–H and O–H groups in total. The lowest BCUT2D eigenvalue weighted by molar-refractivity contribution is -0.914. The van der Waals surface area contributed by atoms with Crippen molar-refractivity contribution >= 4 is 45.3 Å². The van der Waals surface area contributed by atoms with Crippen molar-refractivity contribution < 1.29 is 23.3 Å². The molecule has 0 amide bonds. The highest BCUT2D eigenvalue weighted by atomic mass is 35.5. The van der Waals surface area contributed by atoms with Gasteiger partial charge in [-0.1, -0.05) is 47.1 Å². The van der Waals surface area contributed by atoms with Crippen molar-refractivity contribution in [3.05, 3.63) is 100 Å². The first-order valence-corrected chi connectivity index (χ1v) is 13.9. The largest absolute Gasteiger partial charge is 0.496 e. The molecule has 0 radical (unpaired) electrons. The molecule has 1 saturated heterocycles. The molecule has 0 atom stereocenters. The lowest BCUT2D eigenvalue weighted by Crippen LogP contribution is -3.13. The molecule has 206 valence electrons. The fraction of sp³-hybridized carbons (Fsp3) is 0.188. The number of ketones is 1. The average molecular weight is 570 g/mol. The molecule has 1 aromatic heterocycles. The van der Waals surface area contributed by atoms with E-state index >= 15 is 0 Å². The molecule has 0 unspecified atom stereocenters. The highest BCUT2D eigenvalue weighted by Crippen LogP contribution is 2.46. The summed E-state index contributed by atoms with van der Waals surface area (Å²) in [5, 5.41) is 9.18. The van der Waals surface area contributed by atoms with Crippen LogP contribution in [0.2, 0.25) is 5.02 Å². The molecule has 5 aromatic rings. The Labute approximate surface area is 241 Å². The summed E-state index contributed by atoms with van der Waals surface area (Å²) in [6.45, 7) is 4.13. The van der Waals surface area contributed by atoms with E-state index in [4.69, 9.17) is 20.9 Å². The molecule has 4 aromatic carbocycles. The fourth-order valence-electron chi connectivity index (χ4n) is 6.00. The van der Waals surface area contributed by atoms with Gasteiger partial charge in [-0.2, -0.15) is 0 Å². The molecule has 41 heavy (non-hydrogen) atoms. The first-order chi connectivity index (χ1) is 20.0. The van der Waals surface area contributed by atoms with E-state index in [-0.39, 0.29) is 11.6 Å². The third kappa shape index (κ3) is 4.49. The predicted molar refractivity (Wildman–Crippen MR) is 157 cm³/mol. The average Bonchev–Trinajstić information content (AvgIpc) is 3.42. The Morgan fingerprint density at radius 2 is 1.85 bits per heavy atom. The van der Waals surface area contributed by atoms with Gasteiger partial charge in [0.15, 0.2) is 11.5 Å². The monoisotopic (exact) mass is 569 g/mol. The van der Waals surface area contributed by atoms with E-state index in [1.54, 1.807) is 25.3 Å². The molecular formula is C32H27ClFN4O3+. The zero-order valence-corrected chi connectivity index (χ0v) is 23.1. The first-order valence-electron chi connectivity index (χ1n) is 13.5. The third-order valence-corrected chi connectivity index (χ3v) is 8.21. The number of nitrogens with zero attached hydrogens (tertiary/aromatic N) is 2. The molecule has 2 heterocycles. The zero-order valence-electron chi connectivity index (χ0n) is 22.3. The molecule has 1 aliphatic heterocycles. The van der Waals surface area contributed by atoms with Gasteiger partial charge >= 0.3 is 0 Å². The molecule has 2 aliphatic rings. The molecule has 0 bridgehead atoms. The van der Waals surface area contributed by atoms with Gasteiger partial charge in [0.2, 0.25) is 0 Å². The lowest BCUT2D eigenvalue weighted by Gasteiger charge is -2.34. The van der Waals surface area contributed by atoms with Gasteiger partial charge in [0, 0.05) is 27.4 Å². The maximum atomic E-state index is 14.1. The van der Waals surface area contributed by atoms with E-state index in [9.17, 15) is 9.18 Å². The number of hydrogen-bond donors (Lipinski definition) is 2. The van der Waals surface area contributed by atoms with Crippen LogP contribution in [0.4, 0.5) is 21.5 Å². The number of hydrogen-bond acceptors (Lipinski definition) is 6. The number of carbonyl (C=O) groups is 1. The van der Waals surface area contributed by atoms with Crippen LogP contribution in [-0.2, 0) is 6.54 Å². The number of benzene rings is 4. The van der Waals surface area contributed by atoms with Crippen molar-refractivity contribution in [2.45, 2.75) is 6.54 Å². The Kier molecular flexibility index (Phi) is 6.37. The van der Waals surface area contributed by atoms with E-state index in [0.717, 1.165) is 55.3 Å². The minimum atomic E-state index is -0.359. The summed E-state index contributed by atoms with van der Waals surface area (Å²) >= 11 is 6.27. The van der Waals surface area contributed by atoms with Crippen LogP contribution in [0.5, 0.6) is 5.75 Å². The highest BCUT2D eigenvalue weighted by Gasteiger charge is 2.34. The maximum Gasteiger partial charge on any atom is 0.196 e. The van der Waals surface area contributed by atoms with Crippen molar-refractivity contribution in [1.82, 2.24) is 5.16 Å². The van der Waals surface area contributed by atoms with Crippen molar-refractivity contribution in [1.29, 1.82) is 0 Å². The van der Waals surface area contributed by atoms with Crippen molar-refractivity contribution in [3.63, 3.8) is 0 Å². The van der Waals surface area contributed by atoms with Crippen molar-refractivity contribution in [3.8, 4) is 17.1 Å². The molecule has 0 spiro atoms. The van der Waals surface area contributed by atoms with Gasteiger partial charge in [-0.25, -0.2) is 4.39 Å². The molecule has 7 nitrogen and oxygen atoms in total. The minimum absolute atomic E-state index is 0.114. The summed E-state index contributed by atoms with van der Waals surface area (Å²) in [5.41, 5.74) is 5.54. The topological polar surface area (TPSA) is 72.0 Å². The van der Waals surface area contributed by atoms with Crippen molar-refractivity contribution in [2.24, 2.45) is 0 Å². The molecule has 0 saturated carbocycles. The number of nitrogens with one attached hydrogen (secondary N) is 2. The van der Waals surface area contributed by atoms with Gasteiger partial charge in [-0.15, -0.1) is 0 Å². The number of ether oxygens (including phenoxy) is 1. The van der Waals surface area contributed by atoms with E-state index in [0.29, 0.717) is 44.2 Å². The van der Waals surface area contributed by atoms with E-state index < -0.39 is 0 Å². The number of carbonyl (C=O) groups excluding carboxylic acids is 1. The van der Waals surface area contributed by atoms with Gasteiger partial charge < -0.3 is 24.4 Å². The second-order valence-electron chi connectivity index (χ2n) is 10.4. The van der Waals surface area contributed by atoms with Gasteiger partial charge in [0.25, 0.3) is 0 Å². The molecule has 7 rings (SSSR count). The Morgan fingerprint density at radius 3 is 2.63 bits per heavy atom. The summed E-state index contributed by atoms with van der Waals surface area (Å²) in [4.78, 5) is 17.5. The summed E-state index contributed by atoms with van der Waals surface area (Å²) < 4.78 is 25.5. The van der Waals surface area contributed by atoms with Gasteiger partial charge in [0.05, 0.1) is 55.6 Å². The zero-order chi connectivity index (χ0) is 28.1. The number of halogens is 2. The smallest absolute Gasteiger partial charge is 0.196 e. The third-order valence-electron chi connectivity index (χ3n) is 7.98. The van der Waals surface area contributed by atoms with Crippen LogP contribution in [0.25, 0.3) is 22.2 Å². The summed E-state index contributed by atoms with van der Waals surface area (Å²) in [6.07, 6.45) is 0. The van der Waals surface area contributed by atoms with E-state index in [1.165, 1.54) is 17.0 Å². The molecule has 1 aliphatic carbocycles. The predicted octanol–water partition coefficient (Wildman–Crippen LogP) is 5.49. The van der Waals surface area contributed by atoms with Crippen LogP contribution in [-0.4, -0.2) is 44.2 Å². The van der Waals surface area contributed by atoms with E-state index in [2.05, 4.69) is 15.4 Å². The number of anilines is 3. The van der Waals surface area contributed by atoms with Gasteiger partial charge in [0.1, 0.15) is 23.6 Å². The normalized spacial score (nSPS) is 14.8. The Hall–Kier alpha value is -4.40. The fourth-order valence-corrected chi connectivity index (χ4v) is 6.19. The van der Waals surface area contributed by atoms with Crippen LogP contribution in [0, 0.1) is 5.82 Å². The second kappa shape index (κ2) is 10.2. The lowest BCUT2D eigenvalue weighted by atomic mass is 9.86. The maximum absolute atomic E-state index is 14.1. The number of rotatable bonds is 6. The quantitative estimate of drug-likeness (QED) is 0.276. The molecule has 9 heteroatoms. The molecule has 1 fully saturated rings. The van der Waals surface area contributed by atoms with Crippen molar-refractivity contribution in [2.75, 3.05) is 43.5 Å². The van der Waals surface area contributed by atoms with E-state index in [1.807, 2.05) is 42.5 Å². The molecular weight excluding hydrogens is 543 g/mol. The second-order valence-corrected chi connectivity index (χ2v) is 10.9. The standard InChI is InChI=1S/C32H26ClFN4O3/c1-40-27-10-9-20(33)15-19(27)18-37-11-13-38(14-12-37)26-17-25(35-22-6-4-5-21(34)16-22)28-29-30(26)36-41-32(29)24-8-3-2-7-23(24)31(28)39/h2-10,15-17,35H,11-14,18H2,1H3/p+1. The minimum Gasteiger partial charge on any atom is -0.496 e. The van der Waals surface area contributed by atoms with Crippen LogP contribution in [0.3, 0.4) is 0 Å². The van der Waals surface area contributed by atoms with Crippen LogP contribution in [0.15, 0.2) is 77.3 Å². The van der Waals surface area contributed by atoms with Gasteiger partial charge in [-0.3, -0.25) is 4.79 Å². The number of aromatic nitrogens is 1. The highest BCUT2D eigenvalue weighted by molar-refractivity contribution is 6.30. The summed E-state index contributed by atoms with van der Waals surface area (Å²) in [6, 6.07) is 21.3.